The first-order valence-electron chi connectivity index (χ1n) is 8.76. The maximum Gasteiger partial charge on any atom is 0.325 e. The number of nitrogens with two attached hydrogens (primary N) is 1. The highest BCUT2D eigenvalue weighted by molar-refractivity contribution is 5.81. The molecule has 0 aliphatic carbocycles. The van der Waals surface area contributed by atoms with E-state index in [-0.39, 0.29) is 17.0 Å². The number of ether oxygens (including phenoxy) is 3. The lowest BCUT2D eigenvalue weighted by Crippen LogP contribution is -2.43. The first-order chi connectivity index (χ1) is 14.1. The van der Waals surface area contributed by atoms with Crippen LogP contribution in [0.2, 0.25) is 0 Å². The van der Waals surface area contributed by atoms with Crippen LogP contribution in [0.25, 0.3) is 11.2 Å². The molecule has 6 N–H and O–H groups in total. The number of fused-ring (bicyclic) bond motifs is 1. The van der Waals surface area contributed by atoms with Crippen LogP contribution in [0.15, 0.2) is 6.33 Å². The van der Waals surface area contributed by atoms with E-state index in [1.807, 2.05) is 0 Å². The highest BCUT2D eigenvalue weighted by Gasteiger charge is 2.59. The average molecular weight is 437 g/mol. The number of anilines is 1. The van der Waals surface area contributed by atoms with Gasteiger partial charge in [0.2, 0.25) is 6.29 Å². The zero-order valence-electron chi connectivity index (χ0n) is 15.0. The van der Waals surface area contributed by atoms with Crippen LogP contribution in [0.1, 0.15) is 6.23 Å². The van der Waals surface area contributed by atoms with Gasteiger partial charge in [-0.25, -0.2) is 4.98 Å². The van der Waals surface area contributed by atoms with Crippen LogP contribution in [0, 0.1) is 6.08 Å². The maximum absolute atomic E-state index is 14.0. The molecule has 1 unspecified atom stereocenters. The number of aromatic nitrogens is 4. The van der Waals surface area contributed by atoms with Gasteiger partial charge in [-0.1, -0.05) is 0 Å². The lowest BCUT2D eigenvalue weighted by atomic mass is 10.1. The minimum absolute atomic E-state index is 0.0319. The Labute approximate surface area is 165 Å². The van der Waals surface area contributed by atoms with E-state index in [2.05, 4.69) is 15.0 Å². The van der Waals surface area contributed by atoms with Gasteiger partial charge in [0.25, 0.3) is 0 Å². The smallest absolute Gasteiger partial charge is 0.325 e. The first kappa shape index (κ1) is 21.1. The molecule has 0 radical (unpaired) electrons. The number of rotatable bonds is 5. The molecule has 2 aromatic heterocycles. The summed E-state index contributed by atoms with van der Waals surface area (Å²) in [5.74, 6) is -4.07. The number of nitrogens with zero attached hydrogens (tertiary/aromatic N) is 4. The zero-order valence-corrected chi connectivity index (χ0v) is 15.0. The number of nitrogen functional groups attached to an aromatic ring is 1. The Bertz CT molecular complexity index is 933. The van der Waals surface area contributed by atoms with Gasteiger partial charge in [0.1, 0.15) is 24.4 Å². The van der Waals surface area contributed by atoms with Crippen LogP contribution >= 0.6 is 0 Å². The van der Waals surface area contributed by atoms with Crippen molar-refractivity contribution in [3.63, 3.8) is 0 Å². The SMILES string of the molecule is Nc1nc(F)nc2c1ncn2[C@H]1O[C@H](COC2O[C@H](CO)[C@@H](O)C2(F)F)[C@@H](O)[C@H]1O. The number of aliphatic hydroxyl groups excluding tert-OH is 4. The molecule has 0 bridgehead atoms. The Balaban J connectivity index is 1.49. The van der Waals surface area contributed by atoms with Gasteiger partial charge in [-0.15, -0.1) is 0 Å². The van der Waals surface area contributed by atoms with Crippen molar-refractivity contribution in [1.29, 1.82) is 0 Å². The molecule has 0 spiro atoms. The summed E-state index contributed by atoms with van der Waals surface area (Å²) in [4.78, 5) is 10.8. The lowest BCUT2D eigenvalue weighted by Gasteiger charge is -2.22. The largest absolute Gasteiger partial charge is 0.394 e. The second kappa shape index (κ2) is 7.52. The number of hydrogen-bond donors (Lipinski definition) is 5. The Morgan fingerprint density at radius 2 is 1.90 bits per heavy atom. The summed E-state index contributed by atoms with van der Waals surface area (Å²) in [6.07, 6.45) is -11.8. The molecule has 30 heavy (non-hydrogen) atoms. The Kier molecular flexibility index (Phi) is 5.29. The van der Waals surface area contributed by atoms with Crippen LogP contribution in [0.5, 0.6) is 0 Å². The van der Waals surface area contributed by atoms with Crippen LogP contribution in [0.4, 0.5) is 19.0 Å². The third kappa shape index (κ3) is 3.27. The van der Waals surface area contributed by atoms with E-state index in [9.17, 15) is 28.5 Å². The van der Waals surface area contributed by atoms with E-state index in [4.69, 9.17) is 25.1 Å². The van der Waals surface area contributed by atoms with Crippen LogP contribution in [0.3, 0.4) is 0 Å². The number of aliphatic hydroxyl groups is 4. The zero-order chi connectivity index (χ0) is 21.8. The van der Waals surface area contributed by atoms with E-state index in [1.165, 1.54) is 0 Å². The fourth-order valence-corrected chi connectivity index (χ4v) is 3.38. The molecule has 4 heterocycles. The van der Waals surface area contributed by atoms with Crippen molar-refractivity contribution in [3.05, 3.63) is 12.4 Å². The Morgan fingerprint density at radius 1 is 1.17 bits per heavy atom. The van der Waals surface area contributed by atoms with Crippen molar-refractivity contribution < 1.29 is 47.8 Å². The average Bonchev–Trinajstić information content (AvgIpc) is 3.29. The summed E-state index contributed by atoms with van der Waals surface area (Å²) >= 11 is 0. The van der Waals surface area contributed by atoms with Crippen molar-refractivity contribution in [2.75, 3.05) is 18.9 Å². The number of alkyl halides is 2. The molecular formula is C15H18F3N5O7. The number of halogens is 3. The Morgan fingerprint density at radius 3 is 2.57 bits per heavy atom. The summed E-state index contributed by atoms with van der Waals surface area (Å²) in [5.41, 5.74) is 5.49. The van der Waals surface area contributed by atoms with Gasteiger partial charge < -0.3 is 40.4 Å². The maximum atomic E-state index is 14.0. The Hall–Kier alpha value is -2.14. The normalized spacial score (nSPS) is 36.0. The van der Waals surface area contributed by atoms with Crippen molar-refractivity contribution in [3.8, 4) is 0 Å². The summed E-state index contributed by atoms with van der Waals surface area (Å²) in [6, 6.07) is 0. The molecule has 2 fully saturated rings. The van der Waals surface area contributed by atoms with Gasteiger partial charge in [0.15, 0.2) is 29.3 Å². The molecule has 15 heteroatoms. The molecule has 0 saturated carbocycles. The second-order valence-electron chi connectivity index (χ2n) is 6.89. The molecule has 7 atom stereocenters. The predicted molar refractivity (Wildman–Crippen MR) is 88.3 cm³/mol. The fourth-order valence-electron chi connectivity index (χ4n) is 3.38. The molecule has 2 aromatic rings. The van der Waals surface area contributed by atoms with Gasteiger partial charge in [0.05, 0.1) is 19.5 Å². The molecule has 166 valence electrons. The lowest BCUT2D eigenvalue weighted by molar-refractivity contribution is -0.237. The van der Waals surface area contributed by atoms with Gasteiger partial charge in [-0.2, -0.15) is 23.1 Å². The van der Waals surface area contributed by atoms with E-state index < -0.39 is 68.3 Å². The third-order valence-electron chi connectivity index (χ3n) is 4.98. The van der Waals surface area contributed by atoms with E-state index in [1.54, 1.807) is 0 Å². The van der Waals surface area contributed by atoms with Gasteiger partial charge in [-0.05, 0) is 0 Å². The third-order valence-corrected chi connectivity index (χ3v) is 4.98. The minimum atomic E-state index is -3.82. The molecule has 0 amide bonds. The highest BCUT2D eigenvalue weighted by Crippen LogP contribution is 2.38. The number of hydrogen-bond acceptors (Lipinski definition) is 11. The van der Waals surface area contributed by atoms with E-state index in [0.717, 1.165) is 10.9 Å². The van der Waals surface area contributed by atoms with E-state index >= 15 is 0 Å². The minimum Gasteiger partial charge on any atom is -0.394 e. The van der Waals surface area contributed by atoms with Crippen LogP contribution in [-0.4, -0.2) is 95.9 Å². The molecule has 2 aliphatic heterocycles. The second-order valence-corrected chi connectivity index (χ2v) is 6.89. The van der Waals surface area contributed by atoms with Crippen molar-refractivity contribution >= 4 is 17.0 Å². The molecule has 4 rings (SSSR count). The summed E-state index contributed by atoms with van der Waals surface area (Å²) < 4.78 is 57.8. The van der Waals surface area contributed by atoms with Gasteiger partial charge >= 0.3 is 12.0 Å². The van der Waals surface area contributed by atoms with Crippen LogP contribution < -0.4 is 5.73 Å². The number of imidazole rings is 1. The fraction of sp³-hybridized carbons (Fsp3) is 0.667. The molecule has 0 aromatic carbocycles. The molecule has 12 nitrogen and oxygen atoms in total. The standard InChI is InChI=1S/C15H18F3N5O7/c16-14-21-10(19)6-11(22-14)23(3-20-6)12-8(26)7(25)5(29-12)2-28-13-15(17,18)9(27)4(1-24)30-13/h3-5,7-9,12-13,24-27H,1-2H2,(H2,19,21,22)/t4-,5-,7-,8-,9-,12+,13?/m1/s1. The van der Waals surface area contributed by atoms with Crippen molar-refractivity contribution in [2.24, 2.45) is 0 Å². The monoisotopic (exact) mass is 437 g/mol. The first-order valence-corrected chi connectivity index (χ1v) is 8.76. The van der Waals surface area contributed by atoms with Gasteiger partial charge in [0, 0.05) is 0 Å². The topological polar surface area (TPSA) is 178 Å². The van der Waals surface area contributed by atoms with Crippen molar-refractivity contribution in [1.82, 2.24) is 19.5 Å². The molecule has 2 saturated heterocycles. The van der Waals surface area contributed by atoms with Crippen molar-refractivity contribution in [2.45, 2.75) is 49.0 Å². The summed E-state index contributed by atoms with van der Waals surface area (Å²) in [5, 5.41) is 39.0. The quantitative estimate of drug-likeness (QED) is 0.324. The summed E-state index contributed by atoms with van der Waals surface area (Å²) in [7, 11) is 0. The predicted octanol–water partition coefficient (Wildman–Crippen LogP) is -2.10. The molecular weight excluding hydrogens is 419 g/mol. The molecule has 2 aliphatic rings. The summed E-state index contributed by atoms with van der Waals surface area (Å²) in [6.45, 7) is -1.51. The highest BCUT2D eigenvalue weighted by atomic mass is 19.3. The van der Waals surface area contributed by atoms with E-state index in [0.29, 0.717) is 0 Å². The van der Waals surface area contributed by atoms with Gasteiger partial charge in [-0.3, -0.25) is 4.57 Å². The van der Waals surface area contributed by atoms with Crippen LogP contribution in [-0.2, 0) is 14.2 Å².